The van der Waals surface area contributed by atoms with Crippen LogP contribution in [0.25, 0.3) is 0 Å². The maximum Gasteiger partial charge on any atom is 0.246 e. The van der Waals surface area contributed by atoms with Crippen LogP contribution in [0, 0.1) is 0 Å². The molecule has 1 aromatic carbocycles. The summed E-state index contributed by atoms with van der Waals surface area (Å²) in [5.41, 5.74) is 2.19. The maximum absolute atomic E-state index is 12.5. The fourth-order valence-electron chi connectivity index (χ4n) is 2.73. The Kier molecular flexibility index (Phi) is 2.89. The molecule has 5 nitrogen and oxygen atoms in total. The smallest absolute Gasteiger partial charge is 0.246 e. The summed E-state index contributed by atoms with van der Waals surface area (Å²) >= 11 is 0. The third-order valence-electron chi connectivity index (χ3n) is 3.85. The van der Waals surface area contributed by atoms with E-state index in [1.807, 2.05) is 24.3 Å². The van der Waals surface area contributed by atoms with E-state index in [4.69, 9.17) is 0 Å². The first-order chi connectivity index (χ1) is 9.16. The van der Waals surface area contributed by atoms with E-state index in [1.165, 1.54) is 0 Å². The number of benzene rings is 1. The second-order valence-corrected chi connectivity index (χ2v) is 5.06. The van der Waals surface area contributed by atoms with Gasteiger partial charge >= 0.3 is 0 Å². The van der Waals surface area contributed by atoms with Crippen molar-refractivity contribution in [1.29, 1.82) is 0 Å². The lowest BCUT2D eigenvalue weighted by Gasteiger charge is -2.34. The molecule has 2 aliphatic rings. The third kappa shape index (κ3) is 2.05. The van der Waals surface area contributed by atoms with E-state index in [9.17, 15) is 9.59 Å². The molecule has 1 fully saturated rings. The number of hydrogen-bond acceptors (Lipinski definition) is 3. The normalized spacial score (nSPS) is 25.5. The quantitative estimate of drug-likeness (QED) is 0.766. The minimum absolute atomic E-state index is 0.0125. The standard InChI is InChI=1S/C14H17N3O2/c1-9-13(18)15-6-7-17(9)14(19)12-8-10-4-2-3-5-11(10)16-12/h2-5,9,12,16H,6-8H2,1H3,(H,15,18)/t9?,12-/m0/s1. The van der Waals surface area contributed by atoms with Gasteiger partial charge in [0.05, 0.1) is 0 Å². The number of fused-ring (bicyclic) bond motifs is 1. The highest BCUT2D eigenvalue weighted by Gasteiger charge is 2.35. The first-order valence-corrected chi connectivity index (χ1v) is 6.59. The number of nitrogens with one attached hydrogen (secondary N) is 2. The van der Waals surface area contributed by atoms with Crippen LogP contribution in [0.4, 0.5) is 5.69 Å². The van der Waals surface area contributed by atoms with Crippen molar-refractivity contribution in [3.8, 4) is 0 Å². The van der Waals surface area contributed by atoms with E-state index in [2.05, 4.69) is 10.6 Å². The van der Waals surface area contributed by atoms with Crippen LogP contribution in [0.2, 0.25) is 0 Å². The average Bonchev–Trinajstić information content (AvgIpc) is 2.85. The van der Waals surface area contributed by atoms with Crippen LogP contribution < -0.4 is 10.6 Å². The molecule has 5 heteroatoms. The molecule has 1 aromatic rings. The number of piperazine rings is 1. The monoisotopic (exact) mass is 259 g/mol. The van der Waals surface area contributed by atoms with E-state index in [-0.39, 0.29) is 23.9 Å². The van der Waals surface area contributed by atoms with Gasteiger partial charge in [0, 0.05) is 25.2 Å². The average molecular weight is 259 g/mol. The molecule has 0 radical (unpaired) electrons. The van der Waals surface area contributed by atoms with Gasteiger partial charge in [-0.25, -0.2) is 0 Å². The Morgan fingerprint density at radius 3 is 2.95 bits per heavy atom. The summed E-state index contributed by atoms with van der Waals surface area (Å²) in [5, 5.41) is 6.02. The topological polar surface area (TPSA) is 61.4 Å². The molecule has 2 amide bonds. The van der Waals surface area contributed by atoms with Crippen molar-refractivity contribution < 1.29 is 9.59 Å². The van der Waals surface area contributed by atoms with Gasteiger partial charge in [-0.2, -0.15) is 0 Å². The molecular weight excluding hydrogens is 242 g/mol. The Labute approximate surface area is 112 Å². The first kappa shape index (κ1) is 12.0. The number of carbonyl (C=O) groups is 2. The van der Waals surface area contributed by atoms with E-state index in [0.29, 0.717) is 19.5 Å². The maximum atomic E-state index is 12.5. The molecule has 2 heterocycles. The van der Waals surface area contributed by atoms with Crippen LogP contribution in [0.1, 0.15) is 12.5 Å². The van der Waals surface area contributed by atoms with Gasteiger partial charge in [-0.05, 0) is 18.6 Å². The van der Waals surface area contributed by atoms with Crippen molar-refractivity contribution in [2.24, 2.45) is 0 Å². The Hall–Kier alpha value is -2.04. The minimum atomic E-state index is -0.383. The van der Waals surface area contributed by atoms with E-state index < -0.39 is 0 Å². The lowest BCUT2D eigenvalue weighted by molar-refractivity contribution is -0.142. The van der Waals surface area contributed by atoms with Gasteiger partial charge < -0.3 is 15.5 Å². The summed E-state index contributed by atoms with van der Waals surface area (Å²) in [6.45, 7) is 2.89. The molecule has 100 valence electrons. The van der Waals surface area contributed by atoms with Crippen LogP contribution in [-0.2, 0) is 16.0 Å². The number of para-hydroxylation sites is 1. The largest absolute Gasteiger partial charge is 0.373 e. The summed E-state index contributed by atoms with van der Waals surface area (Å²) in [5.74, 6) is -0.0614. The van der Waals surface area contributed by atoms with Crippen LogP contribution in [0.5, 0.6) is 0 Å². The van der Waals surface area contributed by atoms with Crippen molar-refractivity contribution in [2.75, 3.05) is 18.4 Å². The first-order valence-electron chi connectivity index (χ1n) is 6.59. The number of hydrogen-bond donors (Lipinski definition) is 2. The molecule has 2 atom stereocenters. The Morgan fingerprint density at radius 1 is 1.37 bits per heavy atom. The molecule has 0 bridgehead atoms. The zero-order valence-electron chi connectivity index (χ0n) is 10.8. The lowest BCUT2D eigenvalue weighted by atomic mass is 10.1. The Balaban J connectivity index is 1.74. The van der Waals surface area contributed by atoms with Crippen molar-refractivity contribution in [1.82, 2.24) is 10.2 Å². The van der Waals surface area contributed by atoms with E-state index in [0.717, 1.165) is 11.3 Å². The Bertz CT molecular complexity index is 504. The fourth-order valence-corrected chi connectivity index (χ4v) is 2.73. The number of amides is 2. The summed E-state index contributed by atoms with van der Waals surface area (Å²) in [4.78, 5) is 25.8. The van der Waals surface area contributed by atoms with Crippen molar-refractivity contribution in [2.45, 2.75) is 25.4 Å². The van der Waals surface area contributed by atoms with Crippen molar-refractivity contribution in [3.63, 3.8) is 0 Å². The highest BCUT2D eigenvalue weighted by molar-refractivity contribution is 5.93. The minimum Gasteiger partial charge on any atom is -0.373 e. The number of carbonyl (C=O) groups excluding carboxylic acids is 2. The molecule has 0 saturated carbocycles. The van der Waals surface area contributed by atoms with E-state index in [1.54, 1.807) is 11.8 Å². The predicted molar refractivity (Wildman–Crippen MR) is 71.7 cm³/mol. The zero-order chi connectivity index (χ0) is 13.4. The molecule has 0 aliphatic carbocycles. The summed E-state index contributed by atoms with van der Waals surface area (Å²) < 4.78 is 0. The third-order valence-corrected chi connectivity index (χ3v) is 3.85. The predicted octanol–water partition coefficient (Wildman–Crippen LogP) is 0.370. The second-order valence-electron chi connectivity index (χ2n) is 5.06. The summed E-state index contributed by atoms with van der Waals surface area (Å²) in [6.07, 6.45) is 0.694. The lowest BCUT2D eigenvalue weighted by Crippen LogP contribution is -2.58. The van der Waals surface area contributed by atoms with Crippen molar-refractivity contribution in [3.05, 3.63) is 29.8 Å². The van der Waals surface area contributed by atoms with Gasteiger partial charge in [-0.15, -0.1) is 0 Å². The molecule has 0 spiro atoms. The van der Waals surface area contributed by atoms with Gasteiger partial charge in [0.25, 0.3) is 0 Å². The van der Waals surface area contributed by atoms with Crippen LogP contribution in [0.3, 0.4) is 0 Å². The molecule has 2 aliphatic heterocycles. The molecule has 1 unspecified atom stereocenters. The van der Waals surface area contributed by atoms with Gasteiger partial charge in [-0.1, -0.05) is 18.2 Å². The zero-order valence-corrected chi connectivity index (χ0v) is 10.8. The van der Waals surface area contributed by atoms with Gasteiger partial charge in [0.1, 0.15) is 12.1 Å². The van der Waals surface area contributed by atoms with Crippen LogP contribution in [-0.4, -0.2) is 41.9 Å². The van der Waals surface area contributed by atoms with E-state index >= 15 is 0 Å². The van der Waals surface area contributed by atoms with Gasteiger partial charge in [-0.3, -0.25) is 9.59 Å². The second kappa shape index (κ2) is 4.57. The molecular formula is C14H17N3O2. The number of rotatable bonds is 1. The van der Waals surface area contributed by atoms with Crippen LogP contribution in [0.15, 0.2) is 24.3 Å². The molecule has 1 saturated heterocycles. The molecule has 3 rings (SSSR count). The fraction of sp³-hybridized carbons (Fsp3) is 0.429. The Morgan fingerprint density at radius 2 is 2.16 bits per heavy atom. The summed E-state index contributed by atoms with van der Waals surface area (Å²) in [6, 6.07) is 7.31. The molecule has 0 aromatic heterocycles. The van der Waals surface area contributed by atoms with Crippen molar-refractivity contribution >= 4 is 17.5 Å². The summed E-state index contributed by atoms with van der Waals surface area (Å²) in [7, 11) is 0. The van der Waals surface area contributed by atoms with Crippen LogP contribution >= 0.6 is 0 Å². The van der Waals surface area contributed by atoms with Gasteiger partial charge in [0.2, 0.25) is 11.8 Å². The van der Waals surface area contributed by atoms with Gasteiger partial charge in [0.15, 0.2) is 0 Å². The highest BCUT2D eigenvalue weighted by Crippen LogP contribution is 2.26. The highest BCUT2D eigenvalue weighted by atomic mass is 16.2. The molecule has 19 heavy (non-hydrogen) atoms. The molecule has 2 N–H and O–H groups in total. The SMILES string of the molecule is CC1C(=O)NCCN1C(=O)[C@@H]1Cc2ccccc2N1. The number of nitrogens with zero attached hydrogens (tertiary/aromatic N) is 1. The number of anilines is 1.